The molecule has 0 aliphatic rings. The van der Waals surface area contributed by atoms with Crippen molar-refractivity contribution in [3.05, 3.63) is 27.5 Å². The van der Waals surface area contributed by atoms with Crippen LogP contribution in [-0.4, -0.2) is 18.1 Å². The number of halogens is 4. The van der Waals surface area contributed by atoms with Gasteiger partial charge in [0.25, 0.3) is 6.43 Å². The highest BCUT2D eigenvalue weighted by Crippen LogP contribution is 2.31. The van der Waals surface area contributed by atoms with E-state index in [0.29, 0.717) is 0 Å². The van der Waals surface area contributed by atoms with E-state index in [1.54, 1.807) is 0 Å². The quantitative estimate of drug-likeness (QED) is 0.472. The number of rotatable bonds is 3. The van der Waals surface area contributed by atoms with E-state index in [2.05, 4.69) is 41.6 Å². The van der Waals surface area contributed by atoms with Gasteiger partial charge < -0.3 is 4.74 Å². The zero-order chi connectivity index (χ0) is 12.3. The normalized spacial score (nSPS) is 10.6. The molecule has 0 aromatic carbocycles. The number of hydrogen-bond donors (Lipinski definition) is 0. The van der Waals surface area contributed by atoms with Gasteiger partial charge >= 0.3 is 5.97 Å². The molecule has 0 saturated carbocycles. The lowest BCUT2D eigenvalue weighted by molar-refractivity contribution is 0.0587. The predicted molar refractivity (Wildman–Crippen MR) is 60.9 cm³/mol. The van der Waals surface area contributed by atoms with E-state index in [1.165, 1.54) is 6.20 Å². The fraction of sp³-hybridized carbons (Fsp3) is 0.333. The molecule has 7 heteroatoms. The van der Waals surface area contributed by atoms with Gasteiger partial charge in [0.15, 0.2) is 0 Å². The SMILES string of the molecule is COC(=O)c1c(Br)ncc(CBr)c1C(F)F. The van der Waals surface area contributed by atoms with E-state index in [0.717, 1.165) is 7.11 Å². The fourth-order valence-corrected chi connectivity index (χ4v) is 2.12. The first-order chi connectivity index (χ1) is 7.52. The molecule has 0 amide bonds. The number of carbonyl (C=O) groups is 1. The Morgan fingerprint density at radius 3 is 2.69 bits per heavy atom. The summed E-state index contributed by atoms with van der Waals surface area (Å²) in [7, 11) is 1.13. The standard InChI is InChI=1S/C9H7Br2F2NO2/c1-16-9(15)6-5(8(12)13)4(2-10)3-14-7(6)11/h3,8H,2H2,1H3. The first-order valence-electron chi connectivity index (χ1n) is 4.12. The van der Waals surface area contributed by atoms with Crippen LogP contribution >= 0.6 is 31.9 Å². The first kappa shape index (κ1) is 13.5. The summed E-state index contributed by atoms with van der Waals surface area (Å²) in [5, 5.41) is 0.191. The second-order valence-electron chi connectivity index (χ2n) is 2.79. The largest absolute Gasteiger partial charge is 0.465 e. The molecule has 0 saturated heterocycles. The minimum absolute atomic E-state index is 0.0550. The van der Waals surface area contributed by atoms with Crippen LogP contribution in [0.2, 0.25) is 0 Å². The van der Waals surface area contributed by atoms with Gasteiger partial charge in [0.1, 0.15) is 10.2 Å². The molecule has 1 aromatic rings. The van der Waals surface area contributed by atoms with Crippen LogP contribution < -0.4 is 0 Å². The van der Waals surface area contributed by atoms with Crippen LogP contribution in [0.1, 0.15) is 27.9 Å². The number of pyridine rings is 1. The van der Waals surface area contributed by atoms with Crippen molar-refractivity contribution in [2.24, 2.45) is 0 Å². The van der Waals surface area contributed by atoms with Gasteiger partial charge in [0, 0.05) is 17.1 Å². The number of alkyl halides is 3. The topological polar surface area (TPSA) is 39.2 Å². The maximum Gasteiger partial charge on any atom is 0.341 e. The van der Waals surface area contributed by atoms with Crippen molar-refractivity contribution >= 4 is 37.8 Å². The summed E-state index contributed by atoms with van der Waals surface area (Å²) >= 11 is 6.03. The van der Waals surface area contributed by atoms with E-state index in [1.807, 2.05) is 0 Å². The van der Waals surface area contributed by atoms with Crippen molar-refractivity contribution in [2.75, 3.05) is 7.11 Å². The van der Waals surface area contributed by atoms with Gasteiger partial charge in [-0.2, -0.15) is 0 Å². The third-order valence-corrected chi connectivity index (χ3v) is 3.11. The van der Waals surface area contributed by atoms with Gasteiger partial charge in [-0.15, -0.1) is 0 Å². The molecule has 88 valence electrons. The highest BCUT2D eigenvalue weighted by molar-refractivity contribution is 9.10. The Kier molecular flexibility index (Phi) is 4.79. The summed E-state index contributed by atoms with van der Waals surface area (Å²) in [6, 6.07) is 0. The second kappa shape index (κ2) is 5.67. The van der Waals surface area contributed by atoms with E-state index in [9.17, 15) is 13.6 Å². The summed E-state index contributed by atoms with van der Waals surface area (Å²) in [6.45, 7) is 0. The summed E-state index contributed by atoms with van der Waals surface area (Å²) in [4.78, 5) is 15.2. The lowest BCUT2D eigenvalue weighted by atomic mass is 10.1. The Bertz CT molecular complexity index is 413. The molecule has 0 atom stereocenters. The summed E-state index contributed by atoms with van der Waals surface area (Å²) in [5.74, 6) is -0.836. The predicted octanol–water partition coefficient (Wildman–Crippen LogP) is 3.46. The van der Waals surface area contributed by atoms with Crippen molar-refractivity contribution in [3.8, 4) is 0 Å². The lowest BCUT2D eigenvalue weighted by Gasteiger charge is -2.12. The van der Waals surface area contributed by atoms with Gasteiger partial charge in [-0.1, -0.05) is 15.9 Å². The minimum Gasteiger partial charge on any atom is -0.465 e. The van der Waals surface area contributed by atoms with Crippen molar-refractivity contribution in [3.63, 3.8) is 0 Å². The molecular weight excluding hydrogens is 352 g/mol. The molecular formula is C9H7Br2F2NO2. The molecule has 1 aromatic heterocycles. The zero-order valence-corrected chi connectivity index (χ0v) is 11.3. The summed E-state index contributed by atoms with van der Waals surface area (Å²) in [6.07, 6.45) is -1.48. The van der Waals surface area contributed by atoms with Crippen LogP contribution in [0.5, 0.6) is 0 Å². The Morgan fingerprint density at radius 2 is 2.25 bits per heavy atom. The van der Waals surface area contributed by atoms with Crippen LogP contribution in [0, 0.1) is 0 Å². The van der Waals surface area contributed by atoms with Crippen molar-refractivity contribution in [1.82, 2.24) is 4.98 Å². The Hall–Kier alpha value is -0.560. The third-order valence-electron chi connectivity index (χ3n) is 1.91. The van der Waals surface area contributed by atoms with Crippen LogP contribution in [0.3, 0.4) is 0 Å². The van der Waals surface area contributed by atoms with Crippen molar-refractivity contribution < 1.29 is 18.3 Å². The van der Waals surface area contributed by atoms with Crippen LogP contribution in [0.25, 0.3) is 0 Å². The van der Waals surface area contributed by atoms with Gasteiger partial charge in [0.2, 0.25) is 0 Å². The molecule has 1 rings (SSSR count). The fourth-order valence-electron chi connectivity index (χ4n) is 1.19. The lowest BCUT2D eigenvalue weighted by Crippen LogP contribution is -2.11. The molecule has 0 bridgehead atoms. The molecule has 0 fully saturated rings. The number of ether oxygens (including phenoxy) is 1. The Balaban J connectivity index is 3.48. The average molecular weight is 359 g/mol. The highest BCUT2D eigenvalue weighted by atomic mass is 79.9. The molecule has 16 heavy (non-hydrogen) atoms. The van der Waals surface area contributed by atoms with Gasteiger partial charge in [-0.3, -0.25) is 0 Å². The average Bonchev–Trinajstić information content (AvgIpc) is 2.27. The molecule has 0 aliphatic carbocycles. The smallest absolute Gasteiger partial charge is 0.341 e. The maximum atomic E-state index is 12.9. The Labute approximate surface area is 107 Å². The third kappa shape index (κ3) is 2.57. The van der Waals surface area contributed by atoms with Crippen LogP contribution in [-0.2, 0) is 10.1 Å². The molecule has 3 nitrogen and oxygen atoms in total. The van der Waals surface area contributed by atoms with Gasteiger partial charge in [0.05, 0.1) is 7.11 Å². The van der Waals surface area contributed by atoms with Gasteiger partial charge in [-0.05, 0) is 21.5 Å². The minimum atomic E-state index is -2.76. The van der Waals surface area contributed by atoms with E-state index >= 15 is 0 Å². The summed E-state index contributed by atoms with van der Waals surface area (Å²) < 4.78 is 30.3. The maximum absolute atomic E-state index is 12.9. The van der Waals surface area contributed by atoms with Crippen LogP contribution in [0.4, 0.5) is 8.78 Å². The second-order valence-corrected chi connectivity index (χ2v) is 4.10. The van der Waals surface area contributed by atoms with Gasteiger partial charge in [-0.25, -0.2) is 18.6 Å². The number of carbonyl (C=O) groups excluding carboxylic acids is 1. The van der Waals surface area contributed by atoms with Crippen molar-refractivity contribution in [1.29, 1.82) is 0 Å². The van der Waals surface area contributed by atoms with E-state index < -0.39 is 12.4 Å². The zero-order valence-electron chi connectivity index (χ0n) is 8.14. The highest BCUT2D eigenvalue weighted by Gasteiger charge is 2.25. The van der Waals surface area contributed by atoms with E-state index in [-0.39, 0.29) is 26.6 Å². The number of aromatic nitrogens is 1. The molecule has 0 N–H and O–H groups in total. The molecule has 0 unspecified atom stereocenters. The van der Waals surface area contributed by atoms with E-state index in [4.69, 9.17) is 0 Å². The molecule has 0 radical (unpaired) electrons. The Morgan fingerprint density at radius 1 is 1.62 bits per heavy atom. The van der Waals surface area contributed by atoms with Crippen molar-refractivity contribution in [2.45, 2.75) is 11.8 Å². The first-order valence-corrected chi connectivity index (χ1v) is 6.04. The summed E-state index contributed by atoms with van der Waals surface area (Å²) in [5.41, 5.74) is -0.321. The number of nitrogens with zero attached hydrogens (tertiary/aromatic N) is 1. The number of methoxy groups -OCH3 is 1. The molecule has 1 heterocycles. The number of esters is 1. The molecule has 0 aliphatic heterocycles. The monoisotopic (exact) mass is 357 g/mol. The number of hydrogen-bond acceptors (Lipinski definition) is 3. The molecule has 0 spiro atoms. The van der Waals surface area contributed by atoms with Crippen LogP contribution in [0.15, 0.2) is 10.8 Å².